The third-order valence-corrected chi connectivity index (χ3v) is 2.14. The Morgan fingerprint density at radius 2 is 2.13 bits per heavy atom. The molecule has 0 radical (unpaired) electrons. The summed E-state index contributed by atoms with van der Waals surface area (Å²) in [6, 6.07) is 5.84. The van der Waals surface area contributed by atoms with Crippen LogP contribution in [0.2, 0.25) is 0 Å². The van der Waals surface area contributed by atoms with E-state index in [1.165, 1.54) is 0 Å². The first-order chi connectivity index (χ1) is 7.31. The fourth-order valence-corrected chi connectivity index (χ4v) is 1.39. The second-order valence-electron chi connectivity index (χ2n) is 3.36. The number of rotatable bonds is 6. The van der Waals surface area contributed by atoms with Crippen molar-refractivity contribution in [2.45, 2.75) is 19.8 Å². The molecule has 3 heteroatoms. The summed E-state index contributed by atoms with van der Waals surface area (Å²) in [4.78, 5) is 0. The van der Waals surface area contributed by atoms with E-state index < -0.39 is 0 Å². The maximum atomic E-state index is 5.63. The summed E-state index contributed by atoms with van der Waals surface area (Å²) in [6.45, 7) is 3.45. The minimum Gasteiger partial charge on any atom is -0.497 e. The molecule has 3 nitrogen and oxygen atoms in total. The van der Waals surface area contributed by atoms with Crippen molar-refractivity contribution in [2.75, 3.05) is 20.3 Å². The lowest BCUT2D eigenvalue weighted by Crippen LogP contribution is -2.06. The summed E-state index contributed by atoms with van der Waals surface area (Å²) >= 11 is 0. The number of methoxy groups -OCH3 is 1. The lowest BCUT2D eigenvalue weighted by molar-refractivity contribution is 0.313. The lowest BCUT2D eigenvalue weighted by Gasteiger charge is -2.11. The molecule has 1 rings (SSSR count). The van der Waals surface area contributed by atoms with Crippen LogP contribution in [0.4, 0.5) is 0 Å². The van der Waals surface area contributed by atoms with Crippen LogP contribution in [0.25, 0.3) is 0 Å². The fraction of sp³-hybridized carbons (Fsp3) is 0.500. The fourth-order valence-electron chi connectivity index (χ4n) is 1.39. The molecule has 1 aromatic rings. The quantitative estimate of drug-likeness (QED) is 0.779. The Morgan fingerprint density at radius 3 is 2.73 bits per heavy atom. The third-order valence-electron chi connectivity index (χ3n) is 2.14. The van der Waals surface area contributed by atoms with Gasteiger partial charge in [-0.2, -0.15) is 0 Å². The molecule has 0 amide bonds. The van der Waals surface area contributed by atoms with E-state index in [4.69, 9.17) is 15.2 Å². The van der Waals surface area contributed by atoms with Gasteiger partial charge in [-0.05, 0) is 43.1 Å². The minimum absolute atomic E-state index is 0.621. The topological polar surface area (TPSA) is 44.5 Å². The number of hydrogen-bond acceptors (Lipinski definition) is 3. The molecule has 0 saturated carbocycles. The van der Waals surface area contributed by atoms with Crippen molar-refractivity contribution in [2.24, 2.45) is 5.73 Å². The molecular formula is C12H19NO2. The molecule has 0 unspecified atom stereocenters. The summed E-state index contributed by atoms with van der Waals surface area (Å²) in [6.07, 6.45) is 1.82. The zero-order chi connectivity index (χ0) is 11.1. The Balaban J connectivity index is 2.82. The van der Waals surface area contributed by atoms with E-state index in [2.05, 4.69) is 6.92 Å². The molecule has 84 valence electrons. The van der Waals surface area contributed by atoms with Crippen LogP contribution in [-0.2, 0) is 6.42 Å². The van der Waals surface area contributed by atoms with Crippen LogP contribution in [0.1, 0.15) is 18.9 Å². The van der Waals surface area contributed by atoms with E-state index >= 15 is 0 Å². The summed E-state index contributed by atoms with van der Waals surface area (Å²) < 4.78 is 10.8. The number of benzene rings is 1. The highest BCUT2D eigenvalue weighted by Crippen LogP contribution is 2.24. The van der Waals surface area contributed by atoms with E-state index in [0.29, 0.717) is 6.54 Å². The normalized spacial score (nSPS) is 10.1. The molecule has 0 aromatic heterocycles. The first kappa shape index (κ1) is 11.9. The van der Waals surface area contributed by atoms with Crippen molar-refractivity contribution < 1.29 is 9.47 Å². The zero-order valence-electron chi connectivity index (χ0n) is 9.45. The largest absolute Gasteiger partial charge is 0.497 e. The van der Waals surface area contributed by atoms with Gasteiger partial charge in [0.2, 0.25) is 0 Å². The zero-order valence-corrected chi connectivity index (χ0v) is 9.45. The molecule has 1 aromatic carbocycles. The second kappa shape index (κ2) is 6.30. The van der Waals surface area contributed by atoms with Crippen LogP contribution in [0.3, 0.4) is 0 Å². The summed E-state index contributed by atoms with van der Waals surface area (Å²) in [7, 11) is 1.66. The predicted molar refractivity (Wildman–Crippen MR) is 61.5 cm³/mol. The molecule has 0 spiro atoms. The molecule has 0 heterocycles. The van der Waals surface area contributed by atoms with Crippen LogP contribution in [-0.4, -0.2) is 20.3 Å². The lowest BCUT2D eigenvalue weighted by atomic mass is 10.1. The van der Waals surface area contributed by atoms with Gasteiger partial charge >= 0.3 is 0 Å². The van der Waals surface area contributed by atoms with Gasteiger partial charge in [-0.15, -0.1) is 0 Å². The SMILES string of the molecule is CCCOc1ccc(OC)cc1CCN. The van der Waals surface area contributed by atoms with Gasteiger partial charge in [-0.1, -0.05) is 6.92 Å². The highest BCUT2D eigenvalue weighted by Gasteiger charge is 2.04. The average molecular weight is 209 g/mol. The molecule has 0 aliphatic heterocycles. The number of hydrogen-bond donors (Lipinski definition) is 1. The van der Waals surface area contributed by atoms with Gasteiger partial charge in [0.05, 0.1) is 13.7 Å². The van der Waals surface area contributed by atoms with Gasteiger partial charge in [-0.3, -0.25) is 0 Å². The summed E-state index contributed by atoms with van der Waals surface area (Å²) in [5.41, 5.74) is 6.67. The Bertz CT molecular complexity index is 300. The first-order valence-corrected chi connectivity index (χ1v) is 5.31. The Morgan fingerprint density at radius 1 is 1.33 bits per heavy atom. The highest BCUT2D eigenvalue weighted by molar-refractivity contribution is 5.40. The molecule has 0 bridgehead atoms. The molecule has 0 atom stereocenters. The monoisotopic (exact) mass is 209 g/mol. The Labute approximate surface area is 91.2 Å². The van der Waals surface area contributed by atoms with Crippen molar-refractivity contribution >= 4 is 0 Å². The molecule has 2 N–H and O–H groups in total. The molecular weight excluding hydrogens is 190 g/mol. The molecule has 15 heavy (non-hydrogen) atoms. The van der Waals surface area contributed by atoms with Gasteiger partial charge < -0.3 is 15.2 Å². The van der Waals surface area contributed by atoms with Crippen LogP contribution in [0, 0.1) is 0 Å². The van der Waals surface area contributed by atoms with E-state index in [0.717, 1.165) is 36.5 Å². The van der Waals surface area contributed by atoms with Gasteiger partial charge in [0, 0.05) is 0 Å². The van der Waals surface area contributed by atoms with Crippen molar-refractivity contribution in [3.05, 3.63) is 23.8 Å². The van der Waals surface area contributed by atoms with Crippen LogP contribution < -0.4 is 15.2 Å². The highest BCUT2D eigenvalue weighted by atomic mass is 16.5. The van der Waals surface area contributed by atoms with E-state index in [-0.39, 0.29) is 0 Å². The van der Waals surface area contributed by atoms with Crippen molar-refractivity contribution in [3.8, 4) is 11.5 Å². The number of ether oxygens (including phenoxy) is 2. The van der Waals surface area contributed by atoms with Gasteiger partial charge in [0.25, 0.3) is 0 Å². The van der Waals surface area contributed by atoms with Gasteiger partial charge in [-0.25, -0.2) is 0 Å². The van der Waals surface area contributed by atoms with Crippen molar-refractivity contribution in [1.82, 2.24) is 0 Å². The smallest absolute Gasteiger partial charge is 0.122 e. The van der Waals surface area contributed by atoms with E-state index in [1.807, 2.05) is 18.2 Å². The summed E-state index contributed by atoms with van der Waals surface area (Å²) in [5.74, 6) is 1.77. The summed E-state index contributed by atoms with van der Waals surface area (Å²) in [5, 5.41) is 0. The molecule has 0 aliphatic rings. The van der Waals surface area contributed by atoms with Crippen molar-refractivity contribution in [3.63, 3.8) is 0 Å². The standard InChI is InChI=1S/C12H19NO2/c1-3-8-15-12-5-4-11(14-2)9-10(12)6-7-13/h4-5,9H,3,6-8,13H2,1-2H3. The minimum atomic E-state index is 0.621. The van der Waals surface area contributed by atoms with E-state index in [9.17, 15) is 0 Å². The van der Waals surface area contributed by atoms with Crippen molar-refractivity contribution in [1.29, 1.82) is 0 Å². The van der Waals surface area contributed by atoms with E-state index in [1.54, 1.807) is 7.11 Å². The maximum Gasteiger partial charge on any atom is 0.122 e. The number of nitrogens with two attached hydrogens (primary N) is 1. The Kier molecular flexibility index (Phi) is 4.98. The van der Waals surface area contributed by atoms with Crippen LogP contribution >= 0.6 is 0 Å². The Hall–Kier alpha value is -1.22. The first-order valence-electron chi connectivity index (χ1n) is 5.31. The third kappa shape index (κ3) is 3.44. The van der Waals surface area contributed by atoms with Crippen LogP contribution in [0.5, 0.6) is 11.5 Å². The van der Waals surface area contributed by atoms with Gasteiger partial charge in [0.15, 0.2) is 0 Å². The van der Waals surface area contributed by atoms with Crippen LogP contribution in [0.15, 0.2) is 18.2 Å². The average Bonchev–Trinajstić information content (AvgIpc) is 2.27. The molecule has 0 fully saturated rings. The van der Waals surface area contributed by atoms with Gasteiger partial charge in [0.1, 0.15) is 11.5 Å². The second-order valence-corrected chi connectivity index (χ2v) is 3.36. The molecule has 0 saturated heterocycles. The maximum absolute atomic E-state index is 5.63. The predicted octanol–water partition coefficient (Wildman–Crippen LogP) is 1.99. The molecule has 0 aliphatic carbocycles.